The van der Waals surface area contributed by atoms with Crippen molar-refractivity contribution in [1.29, 1.82) is 0 Å². The summed E-state index contributed by atoms with van der Waals surface area (Å²) in [5.74, 6) is 1.28. The van der Waals surface area contributed by atoms with Crippen molar-refractivity contribution in [3.05, 3.63) is 42.7 Å². The Morgan fingerprint density at radius 2 is 1.23 bits per heavy atom. The Morgan fingerprint density at radius 3 is 1.55 bits per heavy atom. The molecule has 2 nitrogen and oxygen atoms in total. The molecule has 0 N–H and O–H groups in total. The lowest BCUT2D eigenvalue weighted by Crippen LogP contribution is -2.01. The molecule has 0 bridgehead atoms. The van der Waals surface area contributed by atoms with Gasteiger partial charge in [0, 0.05) is 21.3 Å². The molecule has 0 fully saturated rings. The minimum atomic E-state index is 0.108. The van der Waals surface area contributed by atoms with Crippen molar-refractivity contribution in [1.82, 2.24) is 0 Å². The molecule has 22 heavy (non-hydrogen) atoms. The van der Waals surface area contributed by atoms with Crippen LogP contribution < -0.4 is 0 Å². The fourth-order valence-corrected chi connectivity index (χ4v) is 5.58. The number of thioether (sulfide) groups is 2. The van der Waals surface area contributed by atoms with Crippen molar-refractivity contribution in [2.24, 2.45) is 0 Å². The third-order valence-corrected chi connectivity index (χ3v) is 6.97. The van der Waals surface area contributed by atoms with Crippen LogP contribution in [-0.4, -0.2) is 21.7 Å². The van der Waals surface area contributed by atoms with Gasteiger partial charge in [-0.05, 0) is 24.3 Å². The van der Waals surface area contributed by atoms with Crippen LogP contribution in [0, 0.1) is 0 Å². The summed E-state index contributed by atoms with van der Waals surface area (Å²) in [7, 11) is 0. The minimum absolute atomic E-state index is 0.108. The van der Waals surface area contributed by atoms with Gasteiger partial charge in [0.2, 0.25) is 0 Å². The van der Waals surface area contributed by atoms with E-state index in [0.29, 0.717) is 33.0 Å². The predicted octanol–water partition coefficient (Wildman–Crippen LogP) is 5.42. The van der Waals surface area contributed by atoms with Gasteiger partial charge >= 0.3 is 0 Å². The van der Waals surface area contributed by atoms with E-state index in [4.69, 9.17) is 23.2 Å². The van der Waals surface area contributed by atoms with Gasteiger partial charge in [-0.15, -0.1) is 22.7 Å². The van der Waals surface area contributed by atoms with Gasteiger partial charge in [-0.2, -0.15) is 0 Å². The number of carbonyl (C=O) groups is 2. The highest BCUT2D eigenvalue weighted by Crippen LogP contribution is 2.25. The molecule has 0 aliphatic carbocycles. The molecule has 0 amide bonds. The van der Waals surface area contributed by atoms with Crippen LogP contribution in [0.1, 0.15) is 9.75 Å². The maximum Gasteiger partial charge on any atom is 0.194 e. The van der Waals surface area contributed by atoms with Crippen molar-refractivity contribution >= 4 is 79.6 Å². The molecule has 118 valence electrons. The van der Waals surface area contributed by atoms with Gasteiger partial charge in [-0.25, -0.2) is 0 Å². The number of carbonyl (C=O) groups excluding carboxylic acids is 2. The van der Waals surface area contributed by atoms with Crippen LogP contribution >= 0.6 is 69.4 Å². The van der Waals surface area contributed by atoms with Gasteiger partial charge < -0.3 is 0 Å². The van der Waals surface area contributed by atoms with E-state index in [1.165, 1.54) is 46.2 Å². The van der Waals surface area contributed by atoms with Crippen LogP contribution in [0.5, 0.6) is 0 Å². The topological polar surface area (TPSA) is 34.1 Å². The van der Waals surface area contributed by atoms with E-state index < -0.39 is 0 Å². The van der Waals surface area contributed by atoms with Crippen LogP contribution in [-0.2, 0) is 22.4 Å². The third kappa shape index (κ3) is 6.64. The van der Waals surface area contributed by atoms with Crippen molar-refractivity contribution < 1.29 is 9.59 Å². The van der Waals surface area contributed by atoms with E-state index in [2.05, 4.69) is 0 Å². The molecule has 0 unspecified atom stereocenters. The summed E-state index contributed by atoms with van der Waals surface area (Å²) in [5.41, 5.74) is 0. The summed E-state index contributed by atoms with van der Waals surface area (Å²) in [5, 5.41) is 0.216. The standard InChI is InChI=1S/C14H12Cl2O2S4/c15-11-3-1-9(21-11)7-13(17)19-5-6-20-14(18)8-10-2-4-12(16)22-10/h1-4H,5-8H2. The summed E-state index contributed by atoms with van der Waals surface area (Å²) in [6.45, 7) is 0. The maximum absolute atomic E-state index is 11.8. The van der Waals surface area contributed by atoms with Crippen molar-refractivity contribution in [3.8, 4) is 0 Å². The van der Waals surface area contributed by atoms with Crippen LogP contribution in [0.25, 0.3) is 0 Å². The second-order valence-corrected chi connectivity index (χ2v) is 10.1. The summed E-state index contributed by atoms with van der Waals surface area (Å²) in [4.78, 5) is 25.5. The van der Waals surface area contributed by atoms with Gasteiger partial charge in [0.25, 0.3) is 0 Å². The van der Waals surface area contributed by atoms with E-state index >= 15 is 0 Å². The highest BCUT2D eigenvalue weighted by atomic mass is 35.5. The largest absolute Gasteiger partial charge is 0.287 e. The Balaban J connectivity index is 1.60. The summed E-state index contributed by atoms with van der Waals surface area (Å²) < 4.78 is 1.39. The first-order chi connectivity index (χ1) is 10.5. The lowest BCUT2D eigenvalue weighted by atomic mass is 10.4. The predicted molar refractivity (Wildman–Crippen MR) is 101 cm³/mol. The van der Waals surface area contributed by atoms with E-state index in [1.807, 2.05) is 12.1 Å². The SMILES string of the molecule is O=C(Cc1ccc(Cl)s1)SCCSC(=O)Cc1ccc(Cl)s1. The van der Waals surface area contributed by atoms with Gasteiger partial charge in [-0.3, -0.25) is 9.59 Å². The second-order valence-electron chi connectivity index (χ2n) is 4.21. The highest BCUT2D eigenvalue weighted by Gasteiger charge is 2.09. The van der Waals surface area contributed by atoms with Crippen molar-refractivity contribution in [2.45, 2.75) is 12.8 Å². The zero-order chi connectivity index (χ0) is 15.9. The molecule has 0 aliphatic heterocycles. The molecule has 0 atom stereocenters. The van der Waals surface area contributed by atoms with Gasteiger partial charge in [0.05, 0.1) is 21.5 Å². The lowest BCUT2D eigenvalue weighted by molar-refractivity contribution is -0.111. The van der Waals surface area contributed by atoms with Crippen LogP contribution in [0.15, 0.2) is 24.3 Å². The van der Waals surface area contributed by atoms with Crippen molar-refractivity contribution in [3.63, 3.8) is 0 Å². The molecule has 0 aromatic carbocycles. The van der Waals surface area contributed by atoms with E-state index in [1.54, 1.807) is 12.1 Å². The Morgan fingerprint density at radius 1 is 0.818 bits per heavy atom. The molecule has 2 aromatic heterocycles. The molecule has 0 saturated carbocycles. The minimum Gasteiger partial charge on any atom is -0.287 e. The first-order valence-corrected chi connectivity index (χ1v) is 10.7. The Hall–Kier alpha value is 0.0200. The van der Waals surface area contributed by atoms with Gasteiger partial charge in [-0.1, -0.05) is 46.7 Å². The number of thiophene rings is 2. The normalized spacial score (nSPS) is 10.8. The van der Waals surface area contributed by atoms with E-state index in [-0.39, 0.29) is 10.2 Å². The number of hydrogen-bond donors (Lipinski definition) is 0. The molecule has 2 aromatic rings. The molecule has 0 spiro atoms. The van der Waals surface area contributed by atoms with E-state index in [0.717, 1.165) is 9.75 Å². The van der Waals surface area contributed by atoms with E-state index in [9.17, 15) is 9.59 Å². The third-order valence-electron chi connectivity index (χ3n) is 2.50. The average Bonchev–Trinajstić information content (AvgIpc) is 3.04. The van der Waals surface area contributed by atoms with Gasteiger partial charge in [0.1, 0.15) is 0 Å². The zero-order valence-electron chi connectivity index (χ0n) is 11.3. The molecule has 0 aliphatic rings. The molecular weight excluding hydrogens is 399 g/mol. The molecular formula is C14H12Cl2O2S4. The monoisotopic (exact) mass is 410 g/mol. The smallest absolute Gasteiger partial charge is 0.194 e. The average molecular weight is 411 g/mol. The number of rotatable bonds is 7. The summed E-state index contributed by atoms with van der Waals surface area (Å²) in [6.07, 6.45) is 0.794. The molecule has 0 radical (unpaired) electrons. The number of hydrogen-bond acceptors (Lipinski definition) is 6. The zero-order valence-corrected chi connectivity index (χ0v) is 16.1. The van der Waals surface area contributed by atoms with Crippen molar-refractivity contribution in [2.75, 3.05) is 11.5 Å². The summed E-state index contributed by atoms with van der Waals surface area (Å²) >= 11 is 17.0. The Kier molecular flexibility index (Phi) is 7.80. The highest BCUT2D eigenvalue weighted by molar-refractivity contribution is 8.16. The molecule has 0 saturated heterocycles. The van der Waals surface area contributed by atoms with Crippen LogP contribution in [0.4, 0.5) is 0 Å². The van der Waals surface area contributed by atoms with Crippen LogP contribution in [0.2, 0.25) is 8.67 Å². The Labute approximate surface area is 155 Å². The molecule has 2 heterocycles. The first-order valence-electron chi connectivity index (χ1n) is 6.32. The number of halogens is 2. The molecule has 8 heteroatoms. The Bertz CT molecular complexity index is 595. The first kappa shape index (κ1) is 18.4. The maximum atomic E-state index is 11.8. The quantitative estimate of drug-likeness (QED) is 0.570. The molecule has 2 rings (SSSR count). The summed E-state index contributed by atoms with van der Waals surface area (Å²) in [6, 6.07) is 7.33. The fraction of sp³-hybridized carbons (Fsp3) is 0.286. The van der Waals surface area contributed by atoms with Gasteiger partial charge in [0.15, 0.2) is 10.2 Å². The van der Waals surface area contributed by atoms with Crippen LogP contribution in [0.3, 0.4) is 0 Å². The second kappa shape index (κ2) is 9.35. The fourth-order valence-electron chi connectivity index (χ4n) is 1.59. The lowest BCUT2D eigenvalue weighted by Gasteiger charge is -2.00.